The molecule has 1 aliphatic rings. The molecule has 0 aromatic heterocycles. The maximum Gasteiger partial charge on any atom is 0.212 e. The monoisotopic (exact) mass is 180 g/mol. The molecule has 0 aliphatic heterocycles. The van der Waals surface area contributed by atoms with Crippen molar-refractivity contribution in [2.75, 3.05) is 0 Å². The van der Waals surface area contributed by atoms with E-state index in [1.165, 1.54) is 31.3 Å². The van der Waals surface area contributed by atoms with Gasteiger partial charge in [-0.2, -0.15) is 0 Å². The van der Waals surface area contributed by atoms with Gasteiger partial charge in [0, 0.05) is 0 Å². The normalized spacial score (nSPS) is 18.7. The second kappa shape index (κ2) is 4.80. The Bertz CT molecular complexity index is 227. The zero-order valence-electron chi connectivity index (χ0n) is 7.97. The van der Waals surface area contributed by atoms with E-state index in [1.54, 1.807) is 6.08 Å². The van der Waals surface area contributed by atoms with Crippen molar-refractivity contribution in [2.24, 2.45) is 5.92 Å². The van der Waals surface area contributed by atoms with Gasteiger partial charge in [0.25, 0.3) is 0 Å². The van der Waals surface area contributed by atoms with E-state index < -0.39 is 0 Å². The van der Waals surface area contributed by atoms with Crippen LogP contribution in [0.4, 0.5) is 0 Å². The summed E-state index contributed by atoms with van der Waals surface area (Å²) in [7, 11) is 0. The SMILES string of the molecule is C/C(=C\C(=N)NC=O)C1CCCC1. The molecule has 72 valence electrons. The fraction of sp³-hybridized carbons (Fsp3) is 0.600. The van der Waals surface area contributed by atoms with Gasteiger partial charge in [-0.15, -0.1) is 0 Å². The smallest absolute Gasteiger partial charge is 0.212 e. The first kappa shape index (κ1) is 9.96. The van der Waals surface area contributed by atoms with Gasteiger partial charge in [-0.1, -0.05) is 18.4 Å². The first-order valence-electron chi connectivity index (χ1n) is 4.71. The second-order valence-electron chi connectivity index (χ2n) is 3.55. The Labute approximate surface area is 78.7 Å². The van der Waals surface area contributed by atoms with Crippen molar-refractivity contribution >= 4 is 12.2 Å². The van der Waals surface area contributed by atoms with Crippen LogP contribution in [0.15, 0.2) is 11.6 Å². The molecular weight excluding hydrogens is 164 g/mol. The second-order valence-corrected chi connectivity index (χ2v) is 3.55. The van der Waals surface area contributed by atoms with Crippen LogP contribution in [0.3, 0.4) is 0 Å². The molecular formula is C10H16N2O. The van der Waals surface area contributed by atoms with Crippen LogP contribution in [0.1, 0.15) is 32.6 Å². The highest BCUT2D eigenvalue weighted by Gasteiger charge is 2.16. The van der Waals surface area contributed by atoms with Gasteiger partial charge in [-0.3, -0.25) is 10.2 Å². The third kappa shape index (κ3) is 3.01. The number of rotatable bonds is 3. The summed E-state index contributed by atoms with van der Waals surface area (Å²) in [4.78, 5) is 10.0. The topological polar surface area (TPSA) is 53.0 Å². The summed E-state index contributed by atoms with van der Waals surface area (Å²) >= 11 is 0. The Morgan fingerprint density at radius 1 is 1.46 bits per heavy atom. The quantitative estimate of drug-likeness (QED) is 0.388. The Morgan fingerprint density at radius 3 is 2.62 bits per heavy atom. The standard InChI is InChI=1S/C10H16N2O/c1-8(6-10(11)12-7-13)9-4-2-3-5-9/h6-7,9H,2-5H2,1H3,(H2,11,12,13)/b8-6+. The number of allylic oxidation sites excluding steroid dienone is 1. The van der Waals surface area contributed by atoms with Crippen LogP contribution in [0.25, 0.3) is 0 Å². The van der Waals surface area contributed by atoms with Crippen LogP contribution in [-0.2, 0) is 4.79 Å². The van der Waals surface area contributed by atoms with Crippen molar-refractivity contribution in [1.82, 2.24) is 5.32 Å². The van der Waals surface area contributed by atoms with Crippen molar-refractivity contribution in [1.29, 1.82) is 5.41 Å². The van der Waals surface area contributed by atoms with E-state index >= 15 is 0 Å². The van der Waals surface area contributed by atoms with Crippen LogP contribution in [-0.4, -0.2) is 12.2 Å². The molecule has 0 spiro atoms. The molecule has 1 aliphatic carbocycles. The fourth-order valence-electron chi connectivity index (χ4n) is 1.83. The van der Waals surface area contributed by atoms with E-state index in [4.69, 9.17) is 5.41 Å². The molecule has 0 atom stereocenters. The number of carbonyl (C=O) groups excluding carboxylic acids is 1. The molecule has 2 N–H and O–H groups in total. The van der Waals surface area contributed by atoms with Crippen molar-refractivity contribution in [3.8, 4) is 0 Å². The molecule has 0 saturated heterocycles. The largest absolute Gasteiger partial charge is 0.314 e. The maximum absolute atomic E-state index is 10.0. The number of nitrogens with one attached hydrogen (secondary N) is 2. The molecule has 3 heteroatoms. The van der Waals surface area contributed by atoms with Gasteiger partial charge in [0.2, 0.25) is 6.41 Å². The van der Waals surface area contributed by atoms with Gasteiger partial charge in [0.1, 0.15) is 5.84 Å². The van der Waals surface area contributed by atoms with Crippen molar-refractivity contribution in [3.63, 3.8) is 0 Å². The van der Waals surface area contributed by atoms with Crippen LogP contribution in [0.5, 0.6) is 0 Å². The summed E-state index contributed by atoms with van der Waals surface area (Å²) in [5.41, 5.74) is 1.22. The number of hydrogen-bond acceptors (Lipinski definition) is 2. The molecule has 1 rings (SSSR count). The van der Waals surface area contributed by atoms with Gasteiger partial charge < -0.3 is 5.32 Å². The number of hydrogen-bond donors (Lipinski definition) is 2. The van der Waals surface area contributed by atoms with Crippen LogP contribution >= 0.6 is 0 Å². The minimum absolute atomic E-state index is 0.194. The first-order valence-corrected chi connectivity index (χ1v) is 4.71. The Morgan fingerprint density at radius 2 is 2.08 bits per heavy atom. The molecule has 1 amide bonds. The molecule has 0 aromatic carbocycles. The Hall–Kier alpha value is -1.12. The molecule has 13 heavy (non-hydrogen) atoms. The third-order valence-corrected chi connectivity index (χ3v) is 2.59. The summed E-state index contributed by atoms with van der Waals surface area (Å²) in [6.07, 6.45) is 7.35. The predicted octanol–water partition coefficient (Wildman–Crippen LogP) is 1.85. The Balaban J connectivity index is 2.48. The highest BCUT2D eigenvalue weighted by atomic mass is 16.1. The molecule has 0 unspecified atom stereocenters. The highest BCUT2D eigenvalue weighted by Crippen LogP contribution is 2.30. The number of carbonyl (C=O) groups is 1. The van der Waals surface area contributed by atoms with E-state index in [1.807, 2.05) is 6.92 Å². The zero-order chi connectivity index (χ0) is 9.68. The third-order valence-electron chi connectivity index (χ3n) is 2.59. The van der Waals surface area contributed by atoms with Crippen LogP contribution in [0.2, 0.25) is 0 Å². The summed E-state index contributed by atoms with van der Waals surface area (Å²) in [5, 5.41) is 9.69. The molecule has 1 fully saturated rings. The van der Waals surface area contributed by atoms with Gasteiger partial charge in [0.15, 0.2) is 0 Å². The van der Waals surface area contributed by atoms with E-state index in [9.17, 15) is 4.79 Å². The van der Waals surface area contributed by atoms with Crippen molar-refractivity contribution in [3.05, 3.63) is 11.6 Å². The first-order chi connectivity index (χ1) is 6.24. The van der Waals surface area contributed by atoms with Gasteiger partial charge in [0.05, 0.1) is 0 Å². The summed E-state index contributed by atoms with van der Waals surface area (Å²) in [6.45, 7) is 2.04. The lowest BCUT2D eigenvalue weighted by Gasteiger charge is -2.09. The average Bonchev–Trinajstić information content (AvgIpc) is 2.55. The van der Waals surface area contributed by atoms with E-state index in [0.29, 0.717) is 12.3 Å². The number of amidine groups is 1. The molecule has 0 bridgehead atoms. The maximum atomic E-state index is 10.0. The zero-order valence-corrected chi connectivity index (χ0v) is 7.97. The van der Waals surface area contributed by atoms with E-state index in [-0.39, 0.29) is 5.84 Å². The summed E-state index contributed by atoms with van der Waals surface area (Å²) in [5.74, 6) is 0.827. The minimum Gasteiger partial charge on any atom is -0.314 e. The lowest BCUT2D eigenvalue weighted by Crippen LogP contribution is -2.18. The summed E-state index contributed by atoms with van der Waals surface area (Å²) in [6, 6.07) is 0. The van der Waals surface area contributed by atoms with Crippen molar-refractivity contribution in [2.45, 2.75) is 32.6 Å². The lowest BCUT2D eigenvalue weighted by atomic mass is 9.99. The molecule has 1 saturated carbocycles. The van der Waals surface area contributed by atoms with Gasteiger partial charge >= 0.3 is 0 Å². The average molecular weight is 180 g/mol. The highest BCUT2D eigenvalue weighted by molar-refractivity contribution is 5.97. The lowest BCUT2D eigenvalue weighted by molar-refractivity contribution is -0.108. The molecule has 0 aromatic rings. The van der Waals surface area contributed by atoms with Crippen LogP contribution in [0, 0.1) is 11.3 Å². The summed E-state index contributed by atoms with van der Waals surface area (Å²) < 4.78 is 0. The van der Waals surface area contributed by atoms with E-state index in [2.05, 4.69) is 5.32 Å². The fourth-order valence-corrected chi connectivity index (χ4v) is 1.83. The van der Waals surface area contributed by atoms with Crippen molar-refractivity contribution < 1.29 is 4.79 Å². The number of amides is 1. The predicted molar refractivity (Wildman–Crippen MR) is 52.6 cm³/mol. The van der Waals surface area contributed by atoms with E-state index in [0.717, 1.165) is 0 Å². The minimum atomic E-state index is 0.194. The molecule has 0 radical (unpaired) electrons. The van der Waals surface area contributed by atoms with Crippen LogP contribution < -0.4 is 5.32 Å². The van der Waals surface area contributed by atoms with Gasteiger partial charge in [-0.05, 0) is 31.8 Å². The van der Waals surface area contributed by atoms with Gasteiger partial charge in [-0.25, -0.2) is 0 Å². The Kier molecular flexibility index (Phi) is 3.68. The molecule has 3 nitrogen and oxygen atoms in total. The molecule has 0 heterocycles.